The summed E-state index contributed by atoms with van der Waals surface area (Å²) >= 11 is 0. The van der Waals surface area contributed by atoms with Gasteiger partial charge in [0.1, 0.15) is 0 Å². The zero-order chi connectivity index (χ0) is 19.6. The summed E-state index contributed by atoms with van der Waals surface area (Å²) in [6.07, 6.45) is 8.94. The van der Waals surface area contributed by atoms with E-state index in [0.717, 1.165) is 12.8 Å². The van der Waals surface area contributed by atoms with Crippen molar-refractivity contribution >= 4 is 0 Å². The van der Waals surface area contributed by atoms with Gasteiger partial charge in [0, 0.05) is 5.41 Å². The van der Waals surface area contributed by atoms with E-state index in [9.17, 15) is 10.2 Å². The lowest BCUT2D eigenvalue weighted by atomic mass is 9.47. The molecule has 0 aromatic heterocycles. The summed E-state index contributed by atoms with van der Waals surface area (Å²) in [4.78, 5) is 0. The topological polar surface area (TPSA) is 40.5 Å². The second kappa shape index (κ2) is 5.22. The first-order valence-corrected chi connectivity index (χ1v) is 11.5. The molecule has 0 aliphatic heterocycles. The van der Waals surface area contributed by atoms with Gasteiger partial charge in [-0.05, 0) is 84.4 Å². The molecule has 0 aromatic rings. The van der Waals surface area contributed by atoms with Crippen molar-refractivity contribution in [2.75, 3.05) is 0 Å². The van der Waals surface area contributed by atoms with Gasteiger partial charge in [-0.25, -0.2) is 0 Å². The van der Waals surface area contributed by atoms with Gasteiger partial charge < -0.3 is 10.2 Å². The fourth-order valence-electron chi connectivity index (χ4n) is 9.49. The smallest absolute Gasteiger partial charge is 0.0636 e. The Kier molecular flexibility index (Phi) is 3.61. The van der Waals surface area contributed by atoms with Crippen LogP contribution in [-0.4, -0.2) is 22.4 Å². The summed E-state index contributed by atoms with van der Waals surface area (Å²) in [6, 6.07) is 0. The third-order valence-electron chi connectivity index (χ3n) is 11.0. The molecule has 0 saturated heterocycles. The molecule has 2 N–H and O–H groups in total. The minimum Gasteiger partial charge on any atom is -0.393 e. The first-order valence-electron chi connectivity index (χ1n) is 11.5. The van der Waals surface area contributed by atoms with E-state index < -0.39 is 0 Å². The molecule has 4 fully saturated rings. The Labute approximate surface area is 165 Å². The molecule has 10 unspecified atom stereocenters. The molecule has 152 valence electrons. The van der Waals surface area contributed by atoms with Gasteiger partial charge in [0.2, 0.25) is 0 Å². The van der Waals surface area contributed by atoms with E-state index in [1.807, 2.05) is 0 Å². The summed E-state index contributed by atoms with van der Waals surface area (Å²) in [5, 5.41) is 22.6. The standard InChI is InChI=1S/C25H40O2/c1-14-7-8-16-18(26)11-15-17(25(14,16)6)12-24(5)19(27)13-23(4)10-9-22(2,3)21(23)20(15)24/h12,14-16,18-21,26-27H,7-11,13H2,1-6H3. The van der Waals surface area contributed by atoms with Gasteiger partial charge in [0.05, 0.1) is 12.2 Å². The second-order valence-electron chi connectivity index (χ2n) is 12.6. The second-order valence-corrected chi connectivity index (χ2v) is 12.6. The summed E-state index contributed by atoms with van der Waals surface area (Å²) in [5.41, 5.74) is 2.21. The van der Waals surface area contributed by atoms with Crippen molar-refractivity contribution < 1.29 is 10.2 Å². The molecular weight excluding hydrogens is 332 g/mol. The SMILES string of the molecule is CC1CCC2C(O)CC3C(=CC4(C)C(O)CC5(C)CCC(C)(C)C5C34)C12C. The molecule has 0 heterocycles. The van der Waals surface area contributed by atoms with Crippen LogP contribution in [0.3, 0.4) is 0 Å². The summed E-state index contributed by atoms with van der Waals surface area (Å²) in [5.74, 6) is 2.64. The van der Waals surface area contributed by atoms with Crippen molar-refractivity contribution in [3.8, 4) is 0 Å². The van der Waals surface area contributed by atoms with Crippen LogP contribution in [0.5, 0.6) is 0 Å². The lowest BCUT2D eigenvalue weighted by Gasteiger charge is -2.58. The number of hydrogen-bond acceptors (Lipinski definition) is 2. The van der Waals surface area contributed by atoms with Crippen LogP contribution in [0.2, 0.25) is 0 Å². The zero-order valence-electron chi connectivity index (χ0n) is 18.3. The molecule has 5 rings (SSSR count). The normalized spacial score (nSPS) is 61.0. The fraction of sp³-hybridized carbons (Fsp3) is 0.920. The van der Waals surface area contributed by atoms with Crippen molar-refractivity contribution in [2.24, 2.45) is 51.2 Å². The van der Waals surface area contributed by atoms with Crippen molar-refractivity contribution in [2.45, 2.75) is 92.3 Å². The van der Waals surface area contributed by atoms with E-state index in [4.69, 9.17) is 0 Å². The Balaban J connectivity index is 1.67. The lowest BCUT2D eigenvalue weighted by Crippen LogP contribution is -2.56. The number of allylic oxidation sites excluding steroid dienone is 1. The van der Waals surface area contributed by atoms with E-state index in [1.54, 1.807) is 5.57 Å². The minimum atomic E-state index is -0.244. The van der Waals surface area contributed by atoms with Crippen molar-refractivity contribution in [1.82, 2.24) is 0 Å². The molecule has 0 aromatic carbocycles. The van der Waals surface area contributed by atoms with Crippen molar-refractivity contribution in [3.63, 3.8) is 0 Å². The maximum Gasteiger partial charge on any atom is 0.0636 e. The Hall–Kier alpha value is -0.340. The minimum absolute atomic E-state index is 0.119. The number of aliphatic hydroxyl groups is 2. The molecule has 5 aliphatic rings. The van der Waals surface area contributed by atoms with Crippen LogP contribution in [0.4, 0.5) is 0 Å². The zero-order valence-corrected chi connectivity index (χ0v) is 18.3. The average Bonchev–Trinajstić information content (AvgIpc) is 3.12. The highest BCUT2D eigenvalue weighted by molar-refractivity contribution is 5.37. The van der Waals surface area contributed by atoms with E-state index in [2.05, 4.69) is 47.6 Å². The summed E-state index contributed by atoms with van der Waals surface area (Å²) in [6.45, 7) is 14.6. The molecule has 0 radical (unpaired) electrons. The molecular formula is C25H40O2. The van der Waals surface area contributed by atoms with Crippen LogP contribution in [0.15, 0.2) is 11.6 Å². The Morgan fingerprint density at radius 1 is 1.00 bits per heavy atom. The quantitative estimate of drug-likeness (QED) is 0.575. The molecule has 27 heavy (non-hydrogen) atoms. The first kappa shape index (κ1) is 18.7. The predicted octanol–water partition coefficient (Wildman–Crippen LogP) is 5.19. The average molecular weight is 373 g/mol. The molecule has 5 aliphatic carbocycles. The van der Waals surface area contributed by atoms with Crippen molar-refractivity contribution in [3.05, 3.63) is 11.6 Å². The Morgan fingerprint density at radius 3 is 2.41 bits per heavy atom. The summed E-state index contributed by atoms with van der Waals surface area (Å²) < 4.78 is 0. The largest absolute Gasteiger partial charge is 0.393 e. The maximum atomic E-state index is 11.4. The number of fused-ring (bicyclic) bond motifs is 7. The Bertz CT molecular complexity index is 694. The number of aliphatic hydroxyl groups excluding tert-OH is 2. The highest BCUT2D eigenvalue weighted by atomic mass is 16.3. The third kappa shape index (κ3) is 2.05. The molecule has 10 atom stereocenters. The van der Waals surface area contributed by atoms with E-state index in [1.165, 1.54) is 25.7 Å². The van der Waals surface area contributed by atoms with E-state index in [-0.39, 0.29) is 28.5 Å². The molecule has 0 spiro atoms. The predicted molar refractivity (Wildman–Crippen MR) is 109 cm³/mol. The fourth-order valence-corrected chi connectivity index (χ4v) is 9.49. The summed E-state index contributed by atoms with van der Waals surface area (Å²) in [7, 11) is 0. The van der Waals surface area contributed by atoms with Crippen LogP contribution < -0.4 is 0 Å². The van der Waals surface area contributed by atoms with Gasteiger partial charge in [-0.1, -0.05) is 53.2 Å². The third-order valence-corrected chi connectivity index (χ3v) is 11.0. The molecule has 2 nitrogen and oxygen atoms in total. The number of rotatable bonds is 0. The first-order chi connectivity index (χ1) is 12.4. The van der Waals surface area contributed by atoms with E-state index in [0.29, 0.717) is 35.0 Å². The monoisotopic (exact) mass is 372 g/mol. The van der Waals surface area contributed by atoms with E-state index >= 15 is 0 Å². The van der Waals surface area contributed by atoms with Gasteiger partial charge in [-0.2, -0.15) is 0 Å². The van der Waals surface area contributed by atoms with Gasteiger partial charge in [-0.15, -0.1) is 0 Å². The molecule has 0 bridgehead atoms. The van der Waals surface area contributed by atoms with Crippen LogP contribution >= 0.6 is 0 Å². The Morgan fingerprint density at radius 2 is 1.70 bits per heavy atom. The van der Waals surface area contributed by atoms with Crippen LogP contribution in [0, 0.1) is 51.2 Å². The molecule has 0 amide bonds. The highest BCUT2D eigenvalue weighted by Crippen LogP contribution is 2.74. The van der Waals surface area contributed by atoms with Crippen LogP contribution in [0.1, 0.15) is 80.1 Å². The molecule has 4 saturated carbocycles. The van der Waals surface area contributed by atoms with Gasteiger partial charge in [-0.3, -0.25) is 0 Å². The van der Waals surface area contributed by atoms with Gasteiger partial charge >= 0.3 is 0 Å². The van der Waals surface area contributed by atoms with Crippen LogP contribution in [0.25, 0.3) is 0 Å². The lowest BCUT2D eigenvalue weighted by molar-refractivity contribution is -0.132. The van der Waals surface area contributed by atoms with Gasteiger partial charge in [0.15, 0.2) is 0 Å². The highest BCUT2D eigenvalue weighted by Gasteiger charge is 2.69. The molecule has 2 heteroatoms. The number of hydrogen-bond donors (Lipinski definition) is 2. The van der Waals surface area contributed by atoms with Crippen LogP contribution in [-0.2, 0) is 0 Å². The van der Waals surface area contributed by atoms with Gasteiger partial charge in [0.25, 0.3) is 0 Å². The maximum absolute atomic E-state index is 11.4. The van der Waals surface area contributed by atoms with Crippen molar-refractivity contribution in [1.29, 1.82) is 0 Å².